The van der Waals surface area contributed by atoms with Crippen molar-refractivity contribution in [2.45, 2.75) is 47.1 Å². The van der Waals surface area contributed by atoms with Gasteiger partial charge in [0.2, 0.25) is 0 Å². The van der Waals surface area contributed by atoms with E-state index in [4.69, 9.17) is 39.4 Å². The van der Waals surface area contributed by atoms with Gasteiger partial charge in [0.1, 0.15) is 28.9 Å². The smallest absolute Gasteiger partial charge is 0.146 e. The maximum absolute atomic E-state index is 14.0. The Bertz CT molecular complexity index is 1160. The van der Waals surface area contributed by atoms with E-state index in [2.05, 4.69) is 14.9 Å². The summed E-state index contributed by atoms with van der Waals surface area (Å²) in [4.78, 5) is 13.1. The fourth-order valence-corrected chi connectivity index (χ4v) is 4.62. The molecule has 208 valence electrons. The first-order valence-electron chi connectivity index (χ1n) is 13.0. The summed E-state index contributed by atoms with van der Waals surface area (Å²) in [5.74, 6) is 0.634. The summed E-state index contributed by atoms with van der Waals surface area (Å²) < 4.78 is 19.6. The Hall–Kier alpha value is -2.97. The van der Waals surface area contributed by atoms with Crippen LogP contribution in [0.15, 0.2) is 52.1 Å². The van der Waals surface area contributed by atoms with Crippen LogP contribution >= 0.6 is 23.2 Å². The molecule has 2 aliphatic rings. The van der Waals surface area contributed by atoms with Gasteiger partial charge in [0.15, 0.2) is 0 Å². The number of benzene rings is 2. The van der Waals surface area contributed by atoms with Crippen molar-refractivity contribution in [1.29, 1.82) is 0 Å². The number of nitrogens with zero attached hydrogens (tertiary/aromatic N) is 4. The maximum Gasteiger partial charge on any atom is 0.146 e. The molecule has 0 amide bonds. The molecule has 0 radical (unpaired) electrons. The van der Waals surface area contributed by atoms with Crippen LogP contribution in [0.25, 0.3) is 0 Å². The van der Waals surface area contributed by atoms with Crippen LogP contribution in [0.4, 0.5) is 15.8 Å². The topological polar surface area (TPSA) is 92.5 Å². The van der Waals surface area contributed by atoms with Crippen molar-refractivity contribution < 1.29 is 9.13 Å². The molecule has 1 fully saturated rings. The molecule has 2 heterocycles. The highest BCUT2D eigenvalue weighted by atomic mass is 35.5. The predicted molar refractivity (Wildman–Crippen MR) is 160 cm³/mol. The summed E-state index contributed by atoms with van der Waals surface area (Å²) in [5, 5.41) is 0.355. The number of hydrogen-bond acceptors (Lipinski definition) is 6. The second-order valence-electron chi connectivity index (χ2n) is 8.13. The molecule has 2 aromatic carbocycles. The number of anilines is 1. The quantitative estimate of drug-likeness (QED) is 0.236. The Kier molecular flexibility index (Phi) is 12.7. The Morgan fingerprint density at radius 1 is 1.11 bits per heavy atom. The summed E-state index contributed by atoms with van der Waals surface area (Å²) in [7, 11) is 1.61. The number of hydrogen-bond donors (Lipinski definition) is 2. The molecule has 10 heteroatoms. The SMILES string of the molecule is CC.CC.COc1cc(N2CCCC2)ccc1N=C(N)/C=C1\C(N)=NCCN1Cc1c(Cl)ccc(F)c1Cl. The molecular weight excluding hydrogens is 526 g/mol. The zero-order chi connectivity index (χ0) is 28.2. The highest BCUT2D eigenvalue weighted by molar-refractivity contribution is 6.36. The Labute approximate surface area is 236 Å². The van der Waals surface area contributed by atoms with Crippen LogP contribution in [0, 0.1) is 5.82 Å². The zero-order valence-electron chi connectivity index (χ0n) is 22.9. The first-order chi connectivity index (χ1) is 18.4. The lowest BCUT2D eigenvalue weighted by molar-refractivity contribution is 0.352. The molecule has 1 saturated heterocycles. The number of amidine groups is 2. The highest BCUT2D eigenvalue weighted by Gasteiger charge is 2.22. The largest absolute Gasteiger partial charge is 0.494 e. The van der Waals surface area contributed by atoms with E-state index in [9.17, 15) is 4.39 Å². The number of nitrogens with two attached hydrogens (primary N) is 2. The number of ether oxygens (including phenoxy) is 1. The van der Waals surface area contributed by atoms with Crippen LogP contribution in [0.5, 0.6) is 5.75 Å². The van der Waals surface area contributed by atoms with Crippen molar-refractivity contribution in [3.63, 3.8) is 0 Å². The molecule has 38 heavy (non-hydrogen) atoms. The summed E-state index contributed by atoms with van der Waals surface area (Å²) >= 11 is 12.5. The second kappa shape index (κ2) is 15.4. The Morgan fingerprint density at radius 2 is 1.79 bits per heavy atom. The third-order valence-electron chi connectivity index (χ3n) is 5.91. The fourth-order valence-electron chi connectivity index (χ4n) is 4.13. The van der Waals surface area contributed by atoms with Gasteiger partial charge in [-0.1, -0.05) is 50.9 Å². The van der Waals surface area contributed by atoms with Gasteiger partial charge in [-0.2, -0.15) is 0 Å². The number of aliphatic imine (C=N–C) groups is 2. The Morgan fingerprint density at radius 3 is 2.45 bits per heavy atom. The first kappa shape index (κ1) is 31.2. The van der Waals surface area contributed by atoms with Crippen molar-refractivity contribution in [2.75, 3.05) is 38.2 Å². The van der Waals surface area contributed by atoms with Gasteiger partial charge in [0.25, 0.3) is 0 Å². The van der Waals surface area contributed by atoms with Gasteiger partial charge in [-0.05, 0) is 37.1 Å². The normalized spacial score (nSPS) is 16.4. The third kappa shape index (κ3) is 7.77. The van der Waals surface area contributed by atoms with E-state index in [0.717, 1.165) is 18.8 Å². The average molecular weight is 566 g/mol. The van der Waals surface area contributed by atoms with Crippen molar-refractivity contribution in [3.05, 3.63) is 63.5 Å². The van der Waals surface area contributed by atoms with E-state index in [1.165, 1.54) is 25.0 Å². The van der Waals surface area contributed by atoms with Crippen molar-refractivity contribution in [2.24, 2.45) is 21.5 Å². The zero-order valence-corrected chi connectivity index (χ0v) is 24.4. The minimum atomic E-state index is -0.532. The van der Waals surface area contributed by atoms with Crippen molar-refractivity contribution in [1.82, 2.24) is 4.90 Å². The maximum atomic E-state index is 14.0. The highest BCUT2D eigenvalue weighted by Crippen LogP contribution is 2.34. The molecular formula is C28H39Cl2FN6O. The molecule has 0 spiro atoms. The van der Waals surface area contributed by atoms with Gasteiger partial charge in [-0.15, -0.1) is 0 Å². The molecule has 0 bridgehead atoms. The molecule has 0 aromatic heterocycles. The number of rotatable bonds is 6. The molecule has 0 unspecified atom stereocenters. The first-order valence-corrected chi connectivity index (χ1v) is 13.8. The minimum Gasteiger partial charge on any atom is -0.494 e. The lowest BCUT2D eigenvalue weighted by Gasteiger charge is -2.30. The summed E-state index contributed by atoms with van der Waals surface area (Å²) in [6, 6.07) is 8.60. The second-order valence-corrected chi connectivity index (χ2v) is 8.91. The Balaban J connectivity index is 0.00000121. The van der Waals surface area contributed by atoms with Gasteiger partial charge in [0, 0.05) is 54.6 Å². The van der Waals surface area contributed by atoms with Crippen LogP contribution in [0.3, 0.4) is 0 Å². The fraction of sp³-hybridized carbons (Fsp3) is 0.429. The molecule has 2 aliphatic heterocycles. The lowest BCUT2D eigenvalue weighted by Crippen LogP contribution is -2.38. The summed E-state index contributed by atoms with van der Waals surface area (Å²) in [5.41, 5.74) is 15.2. The molecule has 0 saturated carbocycles. The van der Waals surface area contributed by atoms with Crippen LogP contribution in [-0.4, -0.2) is 49.9 Å². The summed E-state index contributed by atoms with van der Waals surface area (Å²) in [6.45, 7) is 11.3. The van der Waals surface area contributed by atoms with E-state index >= 15 is 0 Å². The third-order valence-corrected chi connectivity index (χ3v) is 6.67. The molecule has 0 aliphatic carbocycles. The van der Waals surface area contributed by atoms with Crippen LogP contribution < -0.4 is 21.1 Å². The van der Waals surface area contributed by atoms with Crippen molar-refractivity contribution >= 4 is 46.2 Å². The van der Waals surface area contributed by atoms with E-state index < -0.39 is 5.82 Å². The molecule has 0 atom stereocenters. The average Bonchev–Trinajstić information content (AvgIpc) is 3.48. The molecule has 4 rings (SSSR count). The van der Waals surface area contributed by atoms with Crippen LogP contribution in [0.1, 0.15) is 46.1 Å². The molecule has 2 aromatic rings. The van der Waals surface area contributed by atoms with E-state index in [0.29, 0.717) is 46.6 Å². The monoisotopic (exact) mass is 564 g/mol. The van der Waals surface area contributed by atoms with E-state index in [-0.39, 0.29) is 17.4 Å². The van der Waals surface area contributed by atoms with Crippen molar-refractivity contribution in [3.8, 4) is 5.75 Å². The van der Waals surface area contributed by atoms with Gasteiger partial charge in [-0.25, -0.2) is 9.38 Å². The van der Waals surface area contributed by atoms with Crippen LogP contribution in [0.2, 0.25) is 10.0 Å². The summed E-state index contributed by atoms with van der Waals surface area (Å²) in [6.07, 6.45) is 4.02. The van der Waals surface area contributed by atoms with Gasteiger partial charge >= 0.3 is 0 Å². The van der Waals surface area contributed by atoms with Gasteiger partial charge in [0.05, 0.1) is 24.4 Å². The van der Waals surface area contributed by atoms with Gasteiger partial charge in [-0.3, -0.25) is 4.99 Å². The van der Waals surface area contributed by atoms with E-state index in [1.54, 1.807) is 13.2 Å². The number of halogens is 3. The standard InChI is InChI=1S/C24H27Cl2FN6O.2C2H6/c1-34-21-12-15(32-9-2-3-10-32)4-7-19(21)31-22(28)13-20-24(29)30-8-11-33(20)14-16-17(25)5-6-18(27)23(16)26;2*1-2/h4-7,12-13H,2-3,8-11,14H2,1H3,(H2,28,31)(H2,29,30);2*1-2H3/b20-13+;;. The minimum absolute atomic E-state index is 0.0163. The molecule has 4 N–H and O–H groups in total. The predicted octanol–water partition coefficient (Wildman–Crippen LogP) is 6.54. The number of methoxy groups -OCH3 is 1. The van der Waals surface area contributed by atoms with E-state index in [1.807, 2.05) is 50.8 Å². The lowest BCUT2D eigenvalue weighted by atomic mass is 10.1. The van der Waals surface area contributed by atoms with Gasteiger partial charge < -0.3 is 26.0 Å². The van der Waals surface area contributed by atoms with Crippen LogP contribution in [-0.2, 0) is 6.54 Å². The molecule has 7 nitrogen and oxygen atoms in total.